The Morgan fingerprint density at radius 1 is 1.38 bits per heavy atom. The van der Waals surface area contributed by atoms with Crippen molar-refractivity contribution >= 4 is 11.8 Å². The summed E-state index contributed by atoms with van der Waals surface area (Å²) < 4.78 is 10.7. The van der Waals surface area contributed by atoms with Crippen LogP contribution in [0.3, 0.4) is 0 Å². The van der Waals surface area contributed by atoms with Gasteiger partial charge >= 0.3 is 6.09 Å². The lowest BCUT2D eigenvalue weighted by Gasteiger charge is -2.27. The van der Waals surface area contributed by atoms with E-state index in [-0.39, 0.29) is 0 Å². The Hall–Kier alpha value is -1.75. The molecule has 1 aliphatic heterocycles. The van der Waals surface area contributed by atoms with Crippen LogP contribution in [0.2, 0.25) is 0 Å². The minimum atomic E-state index is -0.509. The fraction of sp³-hybridized carbons (Fsp3) is 0.562. The molecule has 0 spiro atoms. The molecule has 5 nitrogen and oxygen atoms in total. The molecule has 2 rings (SSSR count). The maximum absolute atomic E-state index is 11.8. The molecular weight excluding hydrogens is 268 g/mol. The SMILES string of the molecule is COc1cc(NC(=O)OC(C)(C)C)ccc1CC1CNC1. The number of anilines is 1. The molecule has 0 radical (unpaired) electrons. The smallest absolute Gasteiger partial charge is 0.412 e. The van der Waals surface area contributed by atoms with Gasteiger partial charge in [0.25, 0.3) is 0 Å². The van der Waals surface area contributed by atoms with E-state index in [0.29, 0.717) is 11.6 Å². The number of hydrogen-bond donors (Lipinski definition) is 2. The van der Waals surface area contributed by atoms with Gasteiger partial charge in [0.05, 0.1) is 7.11 Å². The lowest BCUT2D eigenvalue weighted by atomic mass is 9.94. The molecule has 0 bridgehead atoms. The van der Waals surface area contributed by atoms with Gasteiger partial charge in [-0.3, -0.25) is 5.32 Å². The van der Waals surface area contributed by atoms with Crippen molar-refractivity contribution in [1.82, 2.24) is 5.32 Å². The quantitative estimate of drug-likeness (QED) is 0.896. The van der Waals surface area contributed by atoms with Gasteiger partial charge in [-0.05, 0) is 57.8 Å². The molecule has 0 aliphatic carbocycles. The fourth-order valence-electron chi connectivity index (χ4n) is 2.22. The second kappa shape index (κ2) is 6.35. The summed E-state index contributed by atoms with van der Waals surface area (Å²) in [6, 6.07) is 5.73. The van der Waals surface area contributed by atoms with Crippen molar-refractivity contribution in [3.05, 3.63) is 23.8 Å². The minimum absolute atomic E-state index is 0.458. The Kier molecular flexibility index (Phi) is 4.73. The zero-order valence-electron chi connectivity index (χ0n) is 13.2. The molecule has 0 aromatic heterocycles. The van der Waals surface area contributed by atoms with Crippen molar-refractivity contribution < 1.29 is 14.3 Å². The third kappa shape index (κ3) is 4.63. The predicted molar refractivity (Wildman–Crippen MR) is 82.9 cm³/mol. The van der Waals surface area contributed by atoms with E-state index in [0.717, 1.165) is 25.3 Å². The van der Waals surface area contributed by atoms with Gasteiger partial charge in [-0.25, -0.2) is 4.79 Å². The third-order valence-corrected chi connectivity index (χ3v) is 3.31. The average molecular weight is 292 g/mol. The first-order valence-electron chi connectivity index (χ1n) is 7.25. The Bertz CT molecular complexity index is 505. The van der Waals surface area contributed by atoms with Crippen LogP contribution in [0.5, 0.6) is 5.75 Å². The van der Waals surface area contributed by atoms with Gasteiger partial charge in [0.2, 0.25) is 0 Å². The summed E-state index contributed by atoms with van der Waals surface area (Å²) >= 11 is 0. The van der Waals surface area contributed by atoms with Crippen molar-refractivity contribution in [2.75, 3.05) is 25.5 Å². The van der Waals surface area contributed by atoms with E-state index in [2.05, 4.69) is 10.6 Å². The van der Waals surface area contributed by atoms with Crippen LogP contribution in [0.15, 0.2) is 18.2 Å². The molecule has 0 atom stereocenters. The van der Waals surface area contributed by atoms with Gasteiger partial charge < -0.3 is 14.8 Å². The zero-order valence-corrected chi connectivity index (χ0v) is 13.2. The van der Waals surface area contributed by atoms with Crippen LogP contribution in [0, 0.1) is 5.92 Å². The number of methoxy groups -OCH3 is 1. The second-order valence-electron chi connectivity index (χ2n) is 6.38. The van der Waals surface area contributed by atoms with Gasteiger partial charge in [0.1, 0.15) is 11.4 Å². The molecule has 1 fully saturated rings. The molecule has 0 saturated carbocycles. The highest BCUT2D eigenvalue weighted by Gasteiger charge is 2.20. The summed E-state index contributed by atoms with van der Waals surface area (Å²) in [6.07, 6.45) is 0.531. The number of amides is 1. The Morgan fingerprint density at radius 3 is 2.62 bits per heavy atom. The van der Waals surface area contributed by atoms with Crippen molar-refractivity contribution in [3.8, 4) is 5.75 Å². The largest absolute Gasteiger partial charge is 0.496 e. The lowest BCUT2D eigenvalue weighted by molar-refractivity contribution is 0.0636. The topological polar surface area (TPSA) is 59.6 Å². The highest BCUT2D eigenvalue weighted by molar-refractivity contribution is 5.85. The predicted octanol–water partition coefficient (Wildman–Crippen LogP) is 2.80. The average Bonchev–Trinajstić information content (AvgIpc) is 2.32. The zero-order chi connectivity index (χ0) is 15.5. The molecule has 21 heavy (non-hydrogen) atoms. The Morgan fingerprint density at radius 2 is 2.10 bits per heavy atom. The molecule has 1 saturated heterocycles. The first kappa shape index (κ1) is 15.6. The molecule has 1 aromatic carbocycles. The van der Waals surface area contributed by atoms with Gasteiger partial charge in [-0.1, -0.05) is 6.07 Å². The van der Waals surface area contributed by atoms with E-state index in [1.807, 2.05) is 39.0 Å². The van der Waals surface area contributed by atoms with Crippen LogP contribution in [-0.2, 0) is 11.2 Å². The van der Waals surface area contributed by atoms with Gasteiger partial charge in [-0.15, -0.1) is 0 Å². The number of carbonyl (C=O) groups excluding carboxylic acids is 1. The van der Waals surface area contributed by atoms with Crippen molar-refractivity contribution in [1.29, 1.82) is 0 Å². The van der Waals surface area contributed by atoms with Gasteiger partial charge in [0, 0.05) is 11.8 Å². The number of carbonyl (C=O) groups is 1. The number of nitrogens with one attached hydrogen (secondary N) is 2. The van der Waals surface area contributed by atoms with Crippen molar-refractivity contribution in [2.45, 2.75) is 32.8 Å². The van der Waals surface area contributed by atoms with Gasteiger partial charge in [-0.2, -0.15) is 0 Å². The molecule has 0 unspecified atom stereocenters. The summed E-state index contributed by atoms with van der Waals surface area (Å²) in [5.41, 5.74) is 1.33. The van der Waals surface area contributed by atoms with E-state index >= 15 is 0 Å². The van der Waals surface area contributed by atoms with Crippen LogP contribution in [-0.4, -0.2) is 31.9 Å². The first-order valence-corrected chi connectivity index (χ1v) is 7.25. The molecule has 5 heteroatoms. The van der Waals surface area contributed by atoms with E-state index < -0.39 is 11.7 Å². The number of hydrogen-bond acceptors (Lipinski definition) is 4. The highest BCUT2D eigenvalue weighted by atomic mass is 16.6. The maximum Gasteiger partial charge on any atom is 0.412 e. The van der Waals surface area contributed by atoms with E-state index in [4.69, 9.17) is 9.47 Å². The molecule has 1 amide bonds. The van der Waals surface area contributed by atoms with E-state index in [1.165, 1.54) is 5.56 Å². The van der Waals surface area contributed by atoms with Gasteiger partial charge in [0.15, 0.2) is 0 Å². The highest BCUT2D eigenvalue weighted by Crippen LogP contribution is 2.26. The molecular formula is C16H24N2O3. The summed E-state index contributed by atoms with van der Waals surface area (Å²) in [5.74, 6) is 1.47. The molecule has 1 aliphatic rings. The normalized spacial score (nSPS) is 15.2. The monoisotopic (exact) mass is 292 g/mol. The summed E-state index contributed by atoms with van der Waals surface area (Å²) in [6.45, 7) is 7.62. The molecule has 2 N–H and O–H groups in total. The maximum atomic E-state index is 11.8. The third-order valence-electron chi connectivity index (χ3n) is 3.31. The Balaban J connectivity index is 2.02. The lowest BCUT2D eigenvalue weighted by Crippen LogP contribution is -2.43. The number of ether oxygens (including phenoxy) is 2. The molecule has 1 heterocycles. The van der Waals surface area contributed by atoms with Crippen LogP contribution in [0.1, 0.15) is 26.3 Å². The summed E-state index contributed by atoms with van der Waals surface area (Å²) in [7, 11) is 1.65. The fourth-order valence-corrected chi connectivity index (χ4v) is 2.22. The first-order chi connectivity index (χ1) is 9.87. The van der Waals surface area contributed by atoms with Crippen LogP contribution in [0.25, 0.3) is 0 Å². The Labute approximate surface area is 126 Å². The van der Waals surface area contributed by atoms with Crippen molar-refractivity contribution in [3.63, 3.8) is 0 Å². The number of benzene rings is 1. The van der Waals surface area contributed by atoms with E-state index in [9.17, 15) is 4.79 Å². The van der Waals surface area contributed by atoms with Crippen molar-refractivity contribution in [2.24, 2.45) is 5.92 Å². The minimum Gasteiger partial charge on any atom is -0.496 e. The van der Waals surface area contributed by atoms with Crippen LogP contribution >= 0.6 is 0 Å². The second-order valence-corrected chi connectivity index (χ2v) is 6.38. The van der Waals surface area contributed by atoms with Crippen LogP contribution < -0.4 is 15.4 Å². The molecule has 1 aromatic rings. The summed E-state index contributed by atoms with van der Waals surface area (Å²) in [4.78, 5) is 11.8. The summed E-state index contributed by atoms with van der Waals surface area (Å²) in [5, 5.41) is 5.99. The standard InChI is InChI=1S/C16H24N2O3/c1-16(2,3)21-15(19)18-13-6-5-12(14(8-13)20-4)7-11-9-17-10-11/h5-6,8,11,17H,7,9-10H2,1-4H3,(H,18,19). The van der Waals surface area contributed by atoms with E-state index in [1.54, 1.807) is 7.11 Å². The molecule has 116 valence electrons. The van der Waals surface area contributed by atoms with Crippen LogP contribution in [0.4, 0.5) is 10.5 Å². The number of rotatable bonds is 4.